The van der Waals surface area contributed by atoms with E-state index in [4.69, 9.17) is 33.2 Å². The first-order valence-corrected chi connectivity index (χ1v) is 17.0. The number of aromatic nitrogens is 3. The molecule has 0 aliphatic carbocycles. The Balaban J connectivity index is 1.38. The smallest absolute Gasteiger partial charge is 0.413 e. The molecule has 0 unspecified atom stereocenters. The maximum atomic E-state index is 13.0. The monoisotopic (exact) mass is 765 g/mol. The third-order valence-corrected chi connectivity index (χ3v) is 8.02. The Labute approximate surface area is 313 Å². The molecule has 5 rings (SSSR count). The molecular formula is C36H39N5O14. The van der Waals surface area contributed by atoms with E-state index in [1.165, 1.54) is 12.1 Å². The van der Waals surface area contributed by atoms with Crippen molar-refractivity contribution < 1.29 is 62.1 Å². The fraction of sp³-hybridized carbons (Fsp3) is 0.417. The minimum Gasteiger partial charge on any atom is -0.463 e. The summed E-state index contributed by atoms with van der Waals surface area (Å²) in [6, 6.07) is 11.1. The third-order valence-electron chi connectivity index (χ3n) is 8.02. The number of amides is 1. The number of esters is 4. The Morgan fingerprint density at radius 3 is 2.24 bits per heavy atom. The number of rotatable bonds is 13. The number of hydrogen-bond donors (Lipinski definition) is 1. The van der Waals surface area contributed by atoms with Crippen LogP contribution in [0.3, 0.4) is 0 Å². The molecule has 5 atom stereocenters. The van der Waals surface area contributed by atoms with Crippen LogP contribution < -0.4 is 10.1 Å². The molecule has 292 valence electrons. The highest BCUT2D eigenvalue weighted by atomic mass is 16.7. The van der Waals surface area contributed by atoms with E-state index in [-0.39, 0.29) is 17.1 Å². The van der Waals surface area contributed by atoms with Crippen LogP contribution in [0.5, 0.6) is 5.75 Å². The lowest BCUT2D eigenvalue weighted by Gasteiger charge is -2.43. The molecular weight excluding hydrogens is 726 g/mol. The van der Waals surface area contributed by atoms with Crippen LogP contribution in [-0.4, -0.2) is 86.7 Å². The number of carbonyl (C=O) groups excluding carboxylic acids is 5. The molecule has 1 amide bonds. The van der Waals surface area contributed by atoms with Crippen molar-refractivity contribution in [1.82, 2.24) is 14.5 Å². The first-order valence-electron chi connectivity index (χ1n) is 17.0. The van der Waals surface area contributed by atoms with Gasteiger partial charge in [0, 0.05) is 45.7 Å². The van der Waals surface area contributed by atoms with E-state index < -0.39 is 84.5 Å². The molecule has 55 heavy (non-hydrogen) atoms. The molecule has 1 aliphatic heterocycles. The van der Waals surface area contributed by atoms with Gasteiger partial charge in [-0.1, -0.05) is 38.1 Å². The first kappa shape index (κ1) is 39.8. The fourth-order valence-electron chi connectivity index (χ4n) is 5.99. The Hall–Kier alpha value is -6.37. The Morgan fingerprint density at radius 2 is 1.58 bits per heavy atom. The van der Waals surface area contributed by atoms with E-state index in [1.807, 2.05) is 28.8 Å². The second-order valence-electron chi connectivity index (χ2n) is 12.9. The SMILES string of the molecule is CC(=O)OC[C@H]1O[C@H](Oc2ccc(COC(=O)Nc3nc4ccccc4c4c3ncn4CC(C)C)cc2[N+](=O)[O-])[C@@H](OC(C)=O)[C@@H](OC(C)=O)[C@@H]1OC(C)=O. The number of nitrogens with one attached hydrogen (secondary N) is 1. The summed E-state index contributed by atoms with van der Waals surface area (Å²) in [4.78, 5) is 81.6. The number of pyridine rings is 1. The number of carbonyl (C=O) groups is 5. The average Bonchev–Trinajstić information content (AvgIpc) is 3.52. The summed E-state index contributed by atoms with van der Waals surface area (Å²) in [5.74, 6) is -3.22. The second-order valence-corrected chi connectivity index (χ2v) is 12.9. The number of anilines is 1. The third kappa shape index (κ3) is 9.79. The molecule has 1 saturated heterocycles. The van der Waals surface area contributed by atoms with E-state index in [9.17, 15) is 34.1 Å². The molecule has 2 aromatic carbocycles. The molecule has 1 aliphatic rings. The number of nitro benzene ring substituents is 1. The number of para-hydroxylation sites is 1. The average molecular weight is 766 g/mol. The van der Waals surface area contributed by atoms with Gasteiger partial charge in [0.2, 0.25) is 12.4 Å². The number of benzene rings is 2. The minimum atomic E-state index is -1.72. The highest BCUT2D eigenvalue weighted by Gasteiger charge is 2.53. The summed E-state index contributed by atoms with van der Waals surface area (Å²) in [6.45, 7) is 8.16. The van der Waals surface area contributed by atoms with Gasteiger partial charge in [0.1, 0.15) is 24.8 Å². The standard InChI is InChI=1S/C36H39N5O14/c1-18(2)14-40-17-37-29-30(40)24-9-7-8-10-25(24)38-34(29)39-36(46)50-15-23-11-12-27(26(13-23)41(47)48)54-35-33(53-22(6)45)32(52-21(5)44)31(51-20(4)43)28(55-35)16-49-19(3)42/h7-13,17-18,28,31-33,35H,14-16H2,1-6H3,(H,38,39,46)/t28-,31-,32+,33+,35+/m1/s1. The lowest BCUT2D eigenvalue weighted by Crippen LogP contribution is -2.63. The van der Waals surface area contributed by atoms with Crippen LogP contribution in [0.1, 0.15) is 47.1 Å². The molecule has 2 aromatic heterocycles. The normalized spacial score (nSPS) is 19.4. The van der Waals surface area contributed by atoms with Gasteiger partial charge in [0.25, 0.3) is 0 Å². The maximum Gasteiger partial charge on any atom is 0.413 e. The van der Waals surface area contributed by atoms with E-state index >= 15 is 0 Å². The number of nitro groups is 1. The summed E-state index contributed by atoms with van der Waals surface area (Å²) in [5, 5.41) is 15.7. The predicted molar refractivity (Wildman–Crippen MR) is 189 cm³/mol. The van der Waals surface area contributed by atoms with E-state index in [0.29, 0.717) is 23.5 Å². The fourth-order valence-corrected chi connectivity index (χ4v) is 5.99. The van der Waals surface area contributed by atoms with Gasteiger partial charge in [-0.05, 0) is 23.6 Å². The summed E-state index contributed by atoms with van der Waals surface area (Å²) >= 11 is 0. The van der Waals surface area contributed by atoms with Crippen LogP contribution in [0.15, 0.2) is 48.8 Å². The topological polar surface area (TPSA) is 236 Å². The van der Waals surface area contributed by atoms with Crippen molar-refractivity contribution in [2.75, 3.05) is 11.9 Å². The molecule has 1 N–H and O–H groups in total. The number of ether oxygens (including phenoxy) is 7. The van der Waals surface area contributed by atoms with Crippen molar-refractivity contribution >= 4 is 63.4 Å². The van der Waals surface area contributed by atoms with Crippen molar-refractivity contribution in [3.05, 3.63) is 64.5 Å². The van der Waals surface area contributed by atoms with Crippen LogP contribution >= 0.6 is 0 Å². The van der Waals surface area contributed by atoms with E-state index in [0.717, 1.165) is 44.7 Å². The second kappa shape index (κ2) is 17.2. The molecule has 0 spiro atoms. The van der Waals surface area contributed by atoms with Crippen molar-refractivity contribution in [2.24, 2.45) is 5.92 Å². The van der Waals surface area contributed by atoms with Gasteiger partial charge in [0.15, 0.2) is 23.8 Å². The largest absolute Gasteiger partial charge is 0.463 e. The molecule has 19 nitrogen and oxygen atoms in total. The van der Waals surface area contributed by atoms with Crippen LogP contribution in [0.2, 0.25) is 0 Å². The van der Waals surface area contributed by atoms with Gasteiger partial charge in [-0.15, -0.1) is 0 Å². The van der Waals surface area contributed by atoms with Gasteiger partial charge >= 0.3 is 35.7 Å². The van der Waals surface area contributed by atoms with Crippen molar-refractivity contribution in [3.63, 3.8) is 0 Å². The van der Waals surface area contributed by atoms with Crippen LogP contribution in [-0.2, 0) is 60.8 Å². The minimum absolute atomic E-state index is 0.167. The summed E-state index contributed by atoms with van der Waals surface area (Å²) in [5.41, 5.74) is 1.45. The lowest BCUT2D eigenvalue weighted by molar-refractivity contribution is -0.387. The van der Waals surface area contributed by atoms with Gasteiger partial charge in [-0.2, -0.15) is 0 Å². The zero-order chi connectivity index (χ0) is 40.0. The summed E-state index contributed by atoms with van der Waals surface area (Å²) in [6.07, 6.45) is -6.93. The highest BCUT2D eigenvalue weighted by molar-refractivity contribution is 6.08. The molecule has 3 heterocycles. The molecule has 0 saturated carbocycles. The van der Waals surface area contributed by atoms with Crippen molar-refractivity contribution in [3.8, 4) is 5.75 Å². The zero-order valence-corrected chi connectivity index (χ0v) is 30.7. The van der Waals surface area contributed by atoms with Crippen LogP contribution in [0.25, 0.3) is 21.9 Å². The van der Waals surface area contributed by atoms with Gasteiger partial charge < -0.3 is 37.7 Å². The molecule has 4 aromatic rings. The zero-order valence-electron chi connectivity index (χ0n) is 30.7. The van der Waals surface area contributed by atoms with Crippen molar-refractivity contribution in [2.45, 2.75) is 85.4 Å². The molecule has 1 fully saturated rings. The molecule has 0 bridgehead atoms. The summed E-state index contributed by atoms with van der Waals surface area (Å²) in [7, 11) is 0. The quantitative estimate of drug-likeness (QED) is 0.0861. The number of hydrogen-bond acceptors (Lipinski definition) is 16. The number of fused-ring (bicyclic) bond motifs is 3. The van der Waals surface area contributed by atoms with Gasteiger partial charge in [-0.3, -0.25) is 34.6 Å². The molecule has 19 heteroatoms. The number of nitrogens with zero attached hydrogens (tertiary/aromatic N) is 4. The number of imidazole rings is 1. The summed E-state index contributed by atoms with van der Waals surface area (Å²) < 4.78 is 40.3. The first-order chi connectivity index (χ1) is 26.1. The lowest BCUT2D eigenvalue weighted by atomic mass is 9.98. The van der Waals surface area contributed by atoms with E-state index in [2.05, 4.69) is 29.1 Å². The van der Waals surface area contributed by atoms with Gasteiger partial charge in [-0.25, -0.2) is 14.8 Å². The van der Waals surface area contributed by atoms with Crippen LogP contribution in [0.4, 0.5) is 16.3 Å². The Kier molecular flexibility index (Phi) is 12.4. The Bertz CT molecular complexity index is 2120. The van der Waals surface area contributed by atoms with Crippen LogP contribution in [0, 0.1) is 16.0 Å². The van der Waals surface area contributed by atoms with Crippen molar-refractivity contribution in [1.29, 1.82) is 0 Å². The van der Waals surface area contributed by atoms with E-state index in [1.54, 1.807) is 6.33 Å². The Morgan fingerprint density at radius 1 is 0.909 bits per heavy atom. The predicted octanol–water partition coefficient (Wildman–Crippen LogP) is 4.36. The van der Waals surface area contributed by atoms with Gasteiger partial charge in [0.05, 0.1) is 22.3 Å². The highest BCUT2D eigenvalue weighted by Crippen LogP contribution is 2.35. The molecule has 0 radical (unpaired) electrons. The maximum absolute atomic E-state index is 13.0.